The molecule has 2 aromatic rings. The molecule has 0 aliphatic carbocycles. The van der Waals surface area contributed by atoms with Crippen LogP contribution in [0.3, 0.4) is 0 Å². The van der Waals surface area contributed by atoms with Crippen LogP contribution >= 0.6 is 11.6 Å². The maximum atomic E-state index is 12.0. The van der Waals surface area contributed by atoms with Crippen molar-refractivity contribution in [2.75, 3.05) is 5.32 Å². The number of halogens is 1. The highest BCUT2D eigenvalue weighted by Gasteiger charge is 2.29. The second kappa shape index (κ2) is 5.10. The molecule has 0 saturated carbocycles. The van der Waals surface area contributed by atoms with Gasteiger partial charge < -0.3 is 5.32 Å². The first-order valence-corrected chi connectivity index (χ1v) is 6.72. The number of carbonyl (C=O) groups excluding carboxylic acids is 1. The normalized spacial score (nSPS) is 17.3. The van der Waals surface area contributed by atoms with Crippen molar-refractivity contribution >= 4 is 35.1 Å². The summed E-state index contributed by atoms with van der Waals surface area (Å²) >= 11 is 5.99. The molecule has 1 heterocycles. The van der Waals surface area contributed by atoms with Crippen molar-refractivity contribution in [3.63, 3.8) is 0 Å². The van der Waals surface area contributed by atoms with Crippen LogP contribution in [0.15, 0.2) is 47.5 Å². The summed E-state index contributed by atoms with van der Waals surface area (Å²) in [5.41, 5.74) is 3.69. The molecule has 0 aromatic heterocycles. The number of hydrogen-bond donors (Lipinski definition) is 1. The quantitative estimate of drug-likeness (QED) is 0.829. The number of rotatable bonds is 2. The number of fused-ring (bicyclic) bond motifs is 1. The van der Waals surface area contributed by atoms with Gasteiger partial charge in [-0.1, -0.05) is 29.3 Å². The second-order valence-electron chi connectivity index (χ2n) is 4.81. The van der Waals surface area contributed by atoms with E-state index >= 15 is 0 Å². The van der Waals surface area contributed by atoms with E-state index in [0.717, 1.165) is 16.9 Å². The number of amides is 1. The van der Waals surface area contributed by atoms with Crippen LogP contribution in [0.5, 0.6) is 0 Å². The first-order chi connectivity index (χ1) is 9.63. The van der Waals surface area contributed by atoms with E-state index in [9.17, 15) is 4.79 Å². The second-order valence-corrected chi connectivity index (χ2v) is 5.25. The Labute approximate surface area is 122 Å². The highest BCUT2D eigenvalue weighted by atomic mass is 35.5. The summed E-state index contributed by atoms with van der Waals surface area (Å²) in [5, 5.41) is 3.45. The van der Waals surface area contributed by atoms with Gasteiger partial charge in [0.05, 0.1) is 5.69 Å². The maximum absolute atomic E-state index is 12.0. The van der Waals surface area contributed by atoms with E-state index in [1.807, 2.05) is 37.3 Å². The third kappa shape index (κ3) is 2.45. The van der Waals surface area contributed by atoms with E-state index in [0.29, 0.717) is 5.02 Å². The number of nitrogens with one attached hydrogen (secondary N) is 1. The van der Waals surface area contributed by atoms with E-state index in [1.54, 1.807) is 18.3 Å². The Morgan fingerprint density at radius 1 is 1.20 bits per heavy atom. The highest BCUT2D eigenvalue weighted by molar-refractivity contribution is 6.31. The van der Waals surface area contributed by atoms with Gasteiger partial charge in [0.2, 0.25) is 5.91 Å². The number of hydrogen-bond acceptors (Lipinski definition) is 2. The van der Waals surface area contributed by atoms with Crippen LogP contribution in [-0.4, -0.2) is 12.1 Å². The molecule has 1 N–H and O–H groups in total. The van der Waals surface area contributed by atoms with Crippen LogP contribution in [0.1, 0.15) is 17.0 Å². The summed E-state index contributed by atoms with van der Waals surface area (Å²) in [6, 6.07) is 13.2. The molecule has 0 radical (unpaired) electrons. The molecule has 1 amide bonds. The molecule has 0 spiro atoms. The Morgan fingerprint density at radius 3 is 2.70 bits per heavy atom. The van der Waals surface area contributed by atoms with Crippen molar-refractivity contribution in [1.82, 2.24) is 0 Å². The molecule has 2 aromatic carbocycles. The van der Waals surface area contributed by atoms with Crippen molar-refractivity contribution in [3.8, 4) is 0 Å². The van der Waals surface area contributed by atoms with Gasteiger partial charge in [-0.2, -0.15) is 0 Å². The molecule has 1 atom stereocenters. The van der Waals surface area contributed by atoms with E-state index in [2.05, 4.69) is 10.3 Å². The minimum absolute atomic E-state index is 0.0712. The zero-order chi connectivity index (χ0) is 14.1. The smallest absolute Gasteiger partial charge is 0.237 e. The molecule has 1 aliphatic rings. The molecular weight excluding hydrogens is 272 g/mol. The predicted molar refractivity (Wildman–Crippen MR) is 82.2 cm³/mol. The molecular formula is C16H13ClN2O. The average molecular weight is 285 g/mol. The summed E-state index contributed by atoms with van der Waals surface area (Å²) in [5.74, 6) is -0.455. The van der Waals surface area contributed by atoms with Crippen LogP contribution in [0.25, 0.3) is 0 Å². The van der Waals surface area contributed by atoms with Gasteiger partial charge >= 0.3 is 0 Å². The SMILES string of the molecule is Cc1ccc(N=CC2C(=O)Nc3ccc(Cl)cc32)cc1. The molecule has 1 aliphatic heterocycles. The number of aliphatic imine (C=N–C) groups is 1. The summed E-state index contributed by atoms with van der Waals surface area (Å²) < 4.78 is 0. The van der Waals surface area contributed by atoms with Crippen LogP contribution < -0.4 is 5.32 Å². The molecule has 0 saturated heterocycles. The Morgan fingerprint density at radius 2 is 1.95 bits per heavy atom. The van der Waals surface area contributed by atoms with E-state index in [-0.39, 0.29) is 11.8 Å². The van der Waals surface area contributed by atoms with Gasteiger partial charge in [0.25, 0.3) is 0 Å². The van der Waals surface area contributed by atoms with Crippen LogP contribution in [0, 0.1) is 6.92 Å². The monoisotopic (exact) mass is 284 g/mol. The Bertz CT molecular complexity index is 692. The average Bonchev–Trinajstić information content (AvgIpc) is 2.73. The Balaban J connectivity index is 1.90. The fourth-order valence-corrected chi connectivity index (χ4v) is 2.38. The van der Waals surface area contributed by atoms with E-state index < -0.39 is 0 Å². The van der Waals surface area contributed by atoms with Gasteiger partial charge in [-0.3, -0.25) is 9.79 Å². The Kier molecular flexibility index (Phi) is 3.28. The Hall–Kier alpha value is -2.13. The number of aryl methyl sites for hydroxylation is 1. The minimum atomic E-state index is -0.384. The summed E-state index contributed by atoms with van der Waals surface area (Å²) in [7, 11) is 0. The lowest BCUT2D eigenvalue weighted by molar-refractivity contribution is -0.115. The molecule has 100 valence electrons. The molecule has 0 fully saturated rings. The molecule has 1 unspecified atom stereocenters. The summed E-state index contributed by atoms with van der Waals surface area (Å²) in [6.45, 7) is 2.02. The van der Waals surface area contributed by atoms with Gasteiger partial charge in [-0.25, -0.2) is 0 Å². The molecule has 20 heavy (non-hydrogen) atoms. The lowest BCUT2D eigenvalue weighted by Crippen LogP contribution is -2.12. The van der Waals surface area contributed by atoms with Crippen molar-refractivity contribution < 1.29 is 4.79 Å². The molecule has 4 heteroatoms. The third-order valence-electron chi connectivity index (χ3n) is 3.30. The molecule has 3 nitrogen and oxygen atoms in total. The van der Waals surface area contributed by atoms with Gasteiger partial charge in [-0.05, 0) is 42.8 Å². The van der Waals surface area contributed by atoms with Crippen LogP contribution in [0.2, 0.25) is 5.02 Å². The van der Waals surface area contributed by atoms with Gasteiger partial charge in [0, 0.05) is 16.9 Å². The number of anilines is 1. The largest absolute Gasteiger partial charge is 0.325 e. The zero-order valence-electron chi connectivity index (χ0n) is 10.9. The summed E-state index contributed by atoms with van der Waals surface area (Å²) in [4.78, 5) is 16.4. The van der Waals surface area contributed by atoms with Crippen molar-refractivity contribution in [2.45, 2.75) is 12.8 Å². The predicted octanol–water partition coefficient (Wildman–Crippen LogP) is 4.09. The van der Waals surface area contributed by atoms with Crippen molar-refractivity contribution in [3.05, 3.63) is 58.6 Å². The lowest BCUT2D eigenvalue weighted by Gasteiger charge is -2.02. The fraction of sp³-hybridized carbons (Fsp3) is 0.125. The van der Waals surface area contributed by atoms with Gasteiger partial charge in [-0.15, -0.1) is 0 Å². The zero-order valence-corrected chi connectivity index (χ0v) is 11.7. The van der Waals surface area contributed by atoms with E-state index in [4.69, 9.17) is 11.6 Å². The lowest BCUT2D eigenvalue weighted by atomic mass is 10.0. The number of nitrogens with zero attached hydrogens (tertiary/aromatic N) is 1. The summed E-state index contributed by atoms with van der Waals surface area (Å²) in [6.07, 6.45) is 1.67. The number of benzene rings is 2. The van der Waals surface area contributed by atoms with Crippen LogP contribution in [0.4, 0.5) is 11.4 Å². The first-order valence-electron chi connectivity index (χ1n) is 6.34. The minimum Gasteiger partial charge on any atom is -0.325 e. The van der Waals surface area contributed by atoms with Gasteiger partial charge in [0.15, 0.2) is 0 Å². The van der Waals surface area contributed by atoms with Crippen LogP contribution in [-0.2, 0) is 4.79 Å². The standard InChI is InChI=1S/C16H13ClN2O/c1-10-2-5-12(6-3-10)18-9-14-13-8-11(17)4-7-15(13)19-16(14)20/h2-9,14H,1H3,(H,19,20). The van der Waals surface area contributed by atoms with Crippen molar-refractivity contribution in [2.24, 2.45) is 4.99 Å². The van der Waals surface area contributed by atoms with Crippen molar-refractivity contribution in [1.29, 1.82) is 0 Å². The molecule has 3 rings (SSSR count). The number of carbonyl (C=O) groups is 1. The topological polar surface area (TPSA) is 41.5 Å². The third-order valence-corrected chi connectivity index (χ3v) is 3.53. The van der Waals surface area contributed by atoms with Gasteiger partial charge in [0.1, 0.15) is 5.92 Å². The maximum Gasteiger partial charge on any atom is 0.237 e. The first kappa shape index (κ1) is 12.9. The fourth-order valence-electron chi connectivity index (χ4n) is 2.20. The molecule has 0 bridgehead atoms. The highest BCUT2D eigenvalue weighted by Crippen LogP contribution is 2.33. The van der Waals surface area contributed by atoms with E-state index in [1.165, 1.54) is 5.56 Å².